The molecule has 1 aliphatic carbocycles. The van der Waals surface area contributed by atoms with Crippen molar-refractivity contribution in [1.82, 2.24) is 9.97 Å². The Morgan fingerprint density at radius 1 is 1.26 bits per heavy atom. The van der Waals surface area contributed by atoms with Gasteiger partial charge < -0.3 is 0 Å². The number of rotatable bonds is 3. The van der Waals surface area contributed by atoms with E-state index in [9.17, 15) is 0 Å². The lowest BCUT2D eigenvalue weighted by molar-refractivity contribution is 0.878. The molecule has 5 heteroatoms. The van der Waals surface area contributed by atoms with Crippen LogP contribution in [0, 0.1) is 11.3 Å². The van der Waals surface area contributed by atoms with E-state index in [-0.39, 0.29) is 0 Å². The van der Waals surface area contributed by atoms with Crippen LogP contribution in [0.1, 0.15) is 30.1 Å². The highest BCUT2D eigenvalue weighted by atomic mass is 35.5. The van der Waals surface area contributed by atoms with Gasteiger partial charge in [0.05, 0.1) is 11.6 Å². The molecule has 1 saturated carbocycles. The van der Waals surface area contributed by atoms with Gasteiger partial charge in [-0.15, -0.1) is 0 Å². The predicted molar refractivity (Wildman–Crippen MR) is 74.3 cm³/mol. The Morgan fingerprint density at radius 2 is 2.11 bits per heavy atom. The van der Waals surface area contributed by atoms with E-state index in [1.54, 1.807) is 12.1 Å². The van der Waals surface area contributed by atoms with E-state index < -0.39 is 0 Å². The van der Waals surface area contributed by atoms with Crippen LogP contribution in [0.3, 0.4) is 0 Å². The van der Waals surface area contributed by atoms with Crippen LogP contribution in [-0.4, -0.2) is 9.97 Å². The number of nitriles is 1. The maximum absolute atomic E-state index is 8.89. The molecule has 0 bridgehead atoms. The van der Waals surface area contributed by atoms with E-state index >= 15 is 0 Å². The van der Waals surface area contributed by atoms with Crippen molar-refractivity contribution >= 4 is 23.4 Å². The maximum atomic E-state index is 8.89. The molecular weight excluding hydrogens is 278 g/mol. The number of halogens is 1. The van der Waals surface area contributed by atoms with Gasteiger partial charge in [-0.3, -0.25) is 0 Å². The Balaban J connectivity index is 1.88. The average molecular weight is 288 g/mol. The number of hydrogen-bond donors (Lipinski definition) is 0. The lowest BCUT2D eigenvalue weighted by Crippen LogP contribution is -1.94. The molecular formula is C14H10ClN3S. The van der Waals surface area contributed by atoms with Crippen molar-refractivity contribution in [2.45, 2.75) is 28.7 Å². The van der Waals surface area contributed by atoms with E-state index in [4.69, 9.17) is 16.9 Å². The zero-order valence-electron chi connectivity index (χ0n) is 10.0. The molecule has 1 fully saturated rings. The van der Waals surface area contributed by atoms with Crippen molar-refractivity contribution in [2.24, 2.45) is 0 Å². The first kappa shape index (κ1) is 12.5. The third-order valence-corrected chi connectivity index (χ3v) is 3.92. The van der Waals surface area contributed by atoms with Crippen molar-refractivity contribution in [3.05, 3.63) is 46.9 Å². The normalized spacial score (nSPS) is 14.1. The number of aromatic nitrogens is 2. The molecule has 1 aromatic heterocycles. The van der Waals surface area contributed by atoms with Crippen LogP contribution in [0.2, 0.25) is 5.15 Å². The zero-order valence-corrected chi connectivity index (χ0v) is 11.6. The van der Waals surface area contributed by atoms with Crippen LogP contribution in [0.25, 0.3) is 0 Å². The molecule has 0 unspecified atom stereocenters. The van der Waals surface area contributed by atoms with Gasteiger partial charge in [0.2, 0.25) is 0 Å². The average Bonchev–Trinajstić information content (AvgIpc) is 3.22. The summed E-state index contributed by atoms with van der Waals surface area (Å²) in [7, 11) is 0. The van der Waals surface area contributed by atoms with Gasteiger partial charge in [0.15, 0.2) is 0 Å². The van der Waals surface area contributed by atoms with Crippen molar-refractivity contribution in [3.63, 3.8) is 0 Å². The molecule has 19 heavy (non-hydrogen) atoms. The molecule has 2 aromatic rings. The summed E-state index contributed by atoms with van der Waals surface area (Å²) in [6, 6.07) is 11.3. The quantitative estimate of drug-likeness (QED) is 0.800. The summed E-state index contributed by atoms with van der Waals surface area (Å²) in [5.74, 6) is 1.31. The molecule has 0 spiro atoms. The van der Waals surface area contributed by atoms with Gasteiger partial charge in [-0.1, -0.05) is 29.4 Å². The Labute approximate surface area is 120 Å². The predicted octanol–water partition coefficient (Wildman–Crippen LogP) is 4.03. The van der Waals surface area contributed by atoms with Gasteiger partial charge in [0, 0.05) is 16.9 Å². The van der Waals surface area contributed by atoms with Gasteiger partial charge in [0.1, 0.15) is 16.0 Å². The minimum absolute atomic E-state index is 0.475. The molecule has 0 atom stereocenters. The second-order valence-electron chi connectivity index (χ2n) is 4.40. The smallest absolute Gasteiger partial charge is 0.134 e. The molecule has 0 N–H and O–H groups in total. The van der Waals surface area contributed by atoms with E-state index in [1.807, 2.05) is 18.2 Å². The number of hydrogen-bond acceptors (Lipinski definition) is 4. The second kappa shape index (κ2) is 5.20. The van der Waals surface area contributed by atoms with Crippen molar-refractivity contribution in [2.75, 3.05) is 0 Å². The van der Waals surface area contributed by atoms with E-state index in [1.165, 1.54) is 11.8 Å². The van der Waals surface area contributed by atoms with Crippen molar-refractivity contribution in [3.8, 4) is 6.07 Å². The molecule has 1 aliphatic rings. The third-order valence-electron chi connectivity index (χ3n) is 2.82. The standard InChI is InChI=1S/C14H10ClN3S/c15-12-7-13(18-14(17-12)10-4-5-10)19-11-3-1-2-9(6-11)8-16/h1-3,6-7,10H,4-5H2. The van der Waals surface area contributed by atoms with Gasteiger partial charge in [0.25, 0.3) is 0 Å². The highest BCUT2D eigenvalue weighted by Gasteiger charge is 2.27. The van der Waals surface area contributed by atoms with Crippen LogP contribution in [0.15, 0.2) is 40.3 Å². The summed E-state index contributed by atoms with van der Waals surface area (Å²) in [5.41, 5.74) is 0.646. The fourth-order valence-electron chi connectivity index (χ4n) is 1.74. The first-order valence-electron chi connectivity index (χ1n) is 5.97. The molecule has 0 aliphatic heterocycles. The third kappa shape index (κ3) is 3.06. The fourth-order valence-corrected chi connectivity index (χ4v) is 2.88. The largest absolute Gasteiger partial charge is 0.226 e. The van der Waals surface area contributed by atoms with Gasteiger partial charge in [-0.05, 0) is 31.0 Å². The zero-order chi connectivity index (χ0) is 13.2. The maximum Gasteiger partial charge on any atom is 0.134 e. The molecule has 1 heterocycles. The summed E-state index contributed by atoms with van der Waals surface area (Å²) in [6.07, 6.45) is 2.29. The SMILES string of the molecule is N#Cc1cccc(Sc2cc(Cl)nc(C3CC3)n2)c1. The molecule has 0 radical (unpaired) electrons. The summed E-state index contributed by atoms with van der Waals surface area (Å²) in [6.45, 7) is 0. The first-order chi connectivity index (χ1) is 9.24. The Bertz CT molecular complexity index is 662. The highest BCUT2D eigenvalue weighted by molar-refractivity contribution is 7.99. The minimum Gasteiger partial charge on any atom is -0.226 e. The summed E-state index contributed by atoms with van der Waals surface area (Å²) in [4.78, 5) is 9.77. The minimum atomic E-state index is 0.475. The molecule has 3 rings (SSSR count). The van der Waals surface area contributed by atoms with Crippen molar-refractivity contribution in [1.29, 1.82) is 5.26 Å². The first-order valence-corrected chi connectivity index (χ1v) is 7.16. The molecule has 1 aromatic carbocycles. The summed E-state index contributed by atoms with van der Waals surface area (Å²) in [5, 5.41) is 10.2. The number of benzene rings is 1. The molecule has 0 saturated heterocycles. The topological polar surface area (TPSA) is 49.6 Å². The van der Waals surface area contributed by atoms with Crippen LogP contribution in [-0.2, 0) is 0 Å². The van der Waals surface area contributed by atoms with Crippen LogP contribution in [0.4, 0.5) is 0 Å². The lowest BCUT2D eigenvalue weighted by atomic mass is 10.2. The fraction of sp³-hybridized carbons (Fsp3) is 0.214. The van der Waals surface area contributed by atoms with Crippen molar-refractivity contribution < 1.29 is 0 Å². The molecule has 94 valence electrons. The Morgan fingerprint density at radius 3 is 2.84 bits per heavy atom. The van der Waals surface area contributed by atoms with Gasteiger partial charge >= 0.3 is 0 Å². The Hall–Kier alpha value is -1.57. The number of nitrogens with zero attached hydrogens (tertiary/aromatic N) is 3. The molecule has 3 nitrogen and oxygen atoms in total. The van der Waals surface area contributed by atoms with Crippen LogP contribution >= 0.6 is 23.4 Å². The van der Waals surface area contributed by atoms with Crippen LogP contribution in [0.5, 0.6) is 0 Å². The van der Waals surface area contributed by atoms with E-state index in [0.29, 0.717) is 16.6 Å². The van der Waals surface area contributed by atoms with E-state index in [0.717, 1.165) is 28.6 Å². The highest BCUT2D eigenvalue weighted by Crippen LogP contribution is 2.39. The lowest BCUT2D eigenvalue weighted by Gasteiger charge is -2.04. The van der Waals surface area contributed by atoms with Gasteiger partial charge in [-0.25, -0.2) is 9.97 Å². The molecule has 0 amide bonds. The van der Waals surface area contributed by atoms with E-state index in [2.05, 4.69) is 16.0 Å². The summed E-state index contributed by atoms with van der Waals surface area (Å²) < 4.78 is 0. The second-order valence-corrected chi connectivity index (χ2v) is 5.88. The van der Waals surface area contributed by atoms with Crippen LogP contribution < -0.4 is 0 Å². The Kier molecular flexibility index (Phi) is 3.41. The van der Waals surface area contributed by atoms with Gasteiger partial charge in [-0.2, -0.15) is 5.26 Å². The monoisotopic (exact) mass is 287 g/mol. The summed E-state index contributed by atoms with van der Waals surface area (Å²) >= 11 is 7.53.